The third-order valence-electron chi connectivity index (χ3n) is 5.84. The number of hydrogen-bond donors (Lipinski definition) is 0. The second-order valence-electron chi connectivity index (χ2n) is 8.01. The van der Waals surface area contributed by atoms with Crippen molar-refractivity contribution in [2.75, 3.05) is 20.2 Å². The molecule has 5 rings (SSSR count). The summed E-state index contributed by atoms with van der Waals surface area (Å²) in [6, 6.07) is 17.5. The Bertz CT molecular complexity index is 1240. The standard InChI is InChI=1S/C24H24N6O3/c1-32-20-9-5-6-17(14-20)10-11-22(31)29-13-12-19(15-29)30-16-21(26-28-30)24-25-23(27-33-24)18-7-3-2-4-8-18/h2-9,14,16,19H,10-13,15H2,1H3. The number of carbonyl (C=O) groups is 1. The molecule has 1 saturated heterocycles. The van der Waals surface area contributed by atoms with Crippen molar-refractivity contribution in [2.24, 2.45) is 0 Å². The second-order valence-corrected chi connectivity index (χ2v) is 8.01. The summed E-state index contributed by atoms with van der Waals surface area (Å²) in [5.41, 5.74) is 2.49. The Balaban J connectivity index is 1.19. The summed E-state index contributed by atoms with van der Waals surface area (Å²) < 4.78 is 12.4. The number of amides is 1. The summed E-state index contributed by atoms with van der Waals surface area (Å²) in [6.45, 7) is 1.31. The first-order valence-electron chi connectivity index (χ1n) is 10.9. The van der Waals surface area contributed by atoms with Crippen LogP contribution < -0.4 is 4.74 Å². The second kappa shape index (κ2) is 9.23. The summed E-state index contributed by atoms with van der Waals surface area (Å²) in [6.07, 6.45) is 3.78. The number of likely N-dealkylation sites (tertiary alicyclic amines) is 1. The highest BCUT2D eigenvalue weighted by atomic mass is 16.5. The highest BCUT2D eigenvalue weighted by molar-refractivity contribution is 5.76. The summed E-state index contributed by atoms with van der Waals surface area (Å²) in [7, 11) is 1.64. The van der Waals surface area contributed by atoms with Crippen molar-refractivity contribution in [1.82, 2.24) is 30.0 Å². The minimum Gasteiger partial charge on any atom is -0.497 e. The van der Waals surface area contributed by atoms with Gasteiger partial charge in [0.05, 0.1) is 19.3 Å². The van der Waals surface area contributed by atoms with Crippen LogP contribution in [0.2, 0.25) is 0 Å². The third-order valence-corrected chi connectivity index (χ3v) is 5.84. The molecule has 2 aromatic heterocycles. The van der Waals surface area contributed by atoms with Crippen LogP contribution in [-0.2, 0) is 11.2 Å². The molecule has 0 spiro atoms. The van der Waals surface area contributed by atoms with E-state index in [9.17, 15) is 4.79 Å². The van der Waals surface area contributed by atoms with Crippen LogP contribution in [0, 0.1) is 0 Å². The molecule has 1 aliphatic rings. The van der Waals surface area contributed by atoms with E-state index < -0.39 is 0 Å². The maximum Gasteiger partial charge on any atom is 0.280 e. The monoisotopic (exact) mass is 444 g/mol. The van der Waals surface area contributed by atoms with Gasteiger partial charge in [0.15, 0.2) is 5.69 Å². The molecule has 9 heteroatoms. The molecule has 1 aliphatic heterocycles. The predicted octanol–water partition coefficient (Wildman–Crippen LogP) is 3.41. The van der Waals surface area contributed by atoms with Gasteiger partial charge in [0.2, 0.25) is 11.7 Å². The molecular formula is C24H24N6O3. The van der Waals surface area contributed by atoms with Gasteiger partial charge in [-0.3, -0.25) is 4.79 Å². The van der Waals surface area contributed by atoms with Crippen LogP contribution in [0.5, 0.6) is 5.75 Å². The van der Waals surface area contributed by atoms with Gasteiger partial charge < -0.3 is 14.2 Å². The Kier molecular flexibility index (Phi) is 5.84. The lowest BCUT2D eigenvalue weighted by molar-refractivity contribution is -0.130. The summed E-state index contributed by atoms with van der Waals surface area (Å²) in [4.78, 5) is 19.1. The van der Waals surface area contributed by atoms with Crippen LogP contribution in [0.15, 0.2) is 65.3 Å². The van der Waals surface area contributed by atoms with E-state index in [-0.39, 0.29) is 11.9 Å². The molecule has 1 amide bonds. The lowest BCUT2D eigenvalue weighted by atomic mass is 10.1. The fourth-order valence-corrected chi connectivity index (χ4v) is 4.01. The predicted molar refractivity (Wildman–Crippen MR) is 120 cm³/mol. The summed E-state index contributed by atoms with van der Waals surface area (Å²) in [5, 5.41) is 12.5. The van der Waals surface area contributed by atoms with Crippen molar-refractivity contribution in [1.29, 1.82) is 0 Å². The Labute approximate surface area is 191 Å². The maximum atomic E-state index is 12.7. The molecule has 9 nitrogen and oxygen atoms in total. The zero-order valence-electron chi connectivity index (χ0n) is 18.3. The average molecular weight is 444 g/mol. The van der Waals surface area contributed by atoms with Gasteiger partial charge >= 0.3 is 0 Å². The topological polar surface area (TPSA) is 99.2 Å². The van der Waals surface area contributed by atoms with Crippen LogP contribution >= 0.6 is 0 Å². The molecule has 2 aromatic carbocycles. The Morgan fingerprint density at radius 1 is 1.18 bits per heavy atom. The van der Waals surface area contributed by atoms with Gasteiger partial charge in [0.25, 0.3) is 5.89 Å². The number of nitrogens with zero attached hydrogens (tertiary/aromatic N) is 6. The molecule has 0 aliphatic carbocycles. The lowest BCUT2D eigenvalue weighted by Gasteiger charge is -2.16. The van der Waals surface area contributed by atoms with E-state index >= 15 is 0 Å². The normalized spacial score (nSPS) is 15.7. The SMILES string of the molecule is COc1cccc(CCC(=O)N2CCC(n3cc(-c4nc(-c5ccccc5)no4)nn3)C2)c1. The number of ether oxygens (including phenoxy) is 1. The highest BCUT2D eigenvalue weighted by Crippen LogP contribution is 2.25. The zero-order valence-corrected chi connectivity index (χ0v) is 18.3. The number of methoxy groups -OCH3 is 1. The molecule has 1 unspecified atom stereocenters. The largest absolute Gasteiger partial charge is 0.497 e. The van der Waals surface area contributed by atoms with Crippen molar-refractivity contribution < 1.29 is 14.1 Å². The van der Waals surface area contributed by atoms with Gasteiger partial charge in [-0.15, -0.1) is 5.10 Å². The average Bonchev–Trinajstić information content (AvgIpc) is 3.63. The molecule has 33 heavy (non-hydrogen) atoms. The van der Waals surface area contributed by atoms with Crippen LogP contribution in [0.1, 0.15) is 24.4 Å². The van der Waals surface area contributed by atoms with Crippen molar-refractivity contribution in [2.45, 2.75) is 25.3 Å². The van der Waals surface area contributed by atoms with E-state index in [0.717, 1.165) is 23.3 Å². The first kappa shape index (κ1) is 20.9. The van der Waals surface area contributed by atoms with Gasteiger partial charge in [-0.2, -0.15) is 4.98 Å². The molecule has 1 atom stereocenters. The Hall–Kier alpha value is -4.01. The Morgan fingerprint density at radius 3 is 2.91 bits per heavy atom. The first-order chi connectivity index (χ1) is 16.2. The number of carbonyl (C=O) groups excluding carboxylic acids is 1. The Morgan fingerprint density at radius 2 is 2.06 bits per heavy atom. The van der Waals surface area contributed by atoms with Crippen molar-refractivity contribution >= 4 is 5.91 Å². The van der Waals surface area contributed by atoms with Crippen LogP contribution in [-0.4, -0.2) is 56.1 Å². The third kappa shape index (κ3) is 4.62. The number of rotatable bonds is 7. The van der Waals surface area contributed by atoms with Gasteiger partial charge in [0, 0.05) is 25.1 Å². The number of benzene rings is 2. The van der Waals surface area contributed by atoms with Crippen LogP contribution in [0.4, 0.5) is 0 Å². The zero-order chi connectivity index (χ0) is 22.6. The van der Waals surface area contributed by atoms with E-state index in [0.29, 0.717) is 43.3 Å². The number of aryl methyl sites for hydroxylation is 1. The highest BCUT2D eigenvalue weighted by Gasteiger charge is 2.28. The first-order valence-corrected chi connectivity index (χ1v) is 10.9. The number of aromatic nitrogens is 5. The molecule has 0 bridgehead atoms. The fourth-order valence-electron chi connectivity index (χ4n) is 4.01. The quantitative estimate of drug-likeness (QED) is 0.431. The van der Waals surface area contributed by atoms with Crippen molar-refractivity contribution in [3.63, 3.8) is 0 Å². The van der Waals surface area contributed by atoms with Crippen LogP contribution in [0.3, 0.4) is 0 Å². The molecule has 3 heterocycles. The minimum atomic E-state index is 0.0727. The number of hydrogen-bond acceptors (Lipinski definition) is 7. The molecule has 168 valence electrons. The van der Waals surface area contributed by atoms with Crippen LogP contribution in [0.25, 0.3) is 23.0 Å². The van der Waals surface area contributed by atoms with Gasteiger partial charge in [-0.05, 0) is 30.5 Å². The molecule has 4 aromatic rings. The van der Waals surface area contributed by atoms with E-state index in [1.54, 1.807) is 18.0 Å². The van der Waals surface area contributed by atoms with E-state index in [1.165, 1.54) is 0 Å². The summed E-state index contributed by atoms with van der Waals surface area (Å²) in [5.74, 6) is 1.78. The van der Waals surface area contributed by atoms with Crippen molar-refractivity contribution in [3.05, 3.63) is 66.4 Å². The van der Waals surface area contributed by atoms with E-state index in [4.69, 9.17) is 9.26 Å². The van der Waals surface area contributed by atoms with E-state index in [2.05, 4.69) is 20.5 Å². The smallest absolute Gasteiger partial charge is 0.280 e. The fraction of sp³-hybridized carbons (Fsp3) is 0.292. The van der Waals surface area contributed by atoms with Gasteiger partial charge in [-0.25, -0.2) is 4.68 Å². The summed E-state index contributed by atoms with van der Waals surface area (Å²) >= 11 is 0. The maximum absolute atomic E-state index is 12.7. The molecular weight excluding hydrogens is 420 g/mol. The molecule has 0 N–H and O–H groups in total. The lowest BCUT2D eigenvalue weighted by Crippen LogP contribution is -2.29. The van der Waals surface area contributed by atoms with Crippen molar-refractivity contribution in [3.8, 4) is 28.7 Å². The minimum absolute atomic E-state index is 0.0727. The molecule has 0 saturated carbocycles. The van der Waals surface area contributed by atoms with E-state index in [1.807, 2.05) is 59.5 Å². The molecule has 1 fully saturated rings. The van der Waals surface area contributed by atoms with Gasteiger partial charge in [0.1, 0.15) is 5.75 Å². The van der Waals surface area contributed by atoms with Gasteiger partial charge in [-0.1, -0.05) is 52.8 Å². The molecule has 0 radical (unpaired) electrons.